The van der Waals surface area contributed by atoms with Crippen LogP contribution in [0.4, 0.5) is 28.4 Å². The molecule has 2 nitrogen and oxygen atoms in total. The molecule has 188 valence electrons. The van der Waals surface area contributed by atoms with Gasteiger partial charge in [0.05, 0.1) is 0 Å². The SMILES string of the molecule is CN(c1ccc(N(c2ccccc2)c2ccc(-c3ccccc3)cc2)cc1)c1cccc(-c2ccccc2)c1. The van der Waals surface area contributed by atoms with Crippen LogP contribution in [0.25, 0.3) is 22.3 Å². The number of benzene rings is 6. The van der Waals surface area contributed by atoms with Crippen LogP contribution in [-0.4, -0.2) is 7.05 Å². The van der Waals surface area contributed by atoms with Crippen LogP contribution in [-0.2, 0) is 0 Å². The fourth-order valence-corrected chi connectivity index (χ4v) is 4.96. The zero-order valence-corrected chi connectivity index (χ0v) is 22.0. The van der Waals surface area contributed by atoms with Crippen LogP contribution in [0, 0.1) is 0 Å². The van der Waals surface area contributed by atoms with Crippen molar-refractivity contribution in [2.24, 2.45) is 0 Å². The van der Waals surface area contributed by atoms with Crippen LogP contribution in [0.3, 0.4) is 0 Å². The van der Waals surface area contributed by atoms with Gasteiger partial charge in [-0.3, -0.25) is 0 Å². The first-order chi connectivity index (χ1) is 19.3. The molecule has 0 heterocycles. The van der Waals surface area contributed by atoms with Gasteiger partial charge in [0.2, 0.25) is 0 Å². The van der Waals surface area contributed by atoms with Crippen molar-refractivity contribution in [2.45, 2.75) is 0 Å². The Morgan fingerprint density at radius 1 is 0.308 bits per heavy atom. The number of hydrogen-bond donors (Lipinski definition) is 0. The third-order valence-corrected chi connectivity index (χ3v) is 7.08. The molecular weight excluding hydrogens is 472 g/mol. The van der Waals surface area contributed by atoms with Gasteiger partial charge in [-0.05, 0) is 82.9 Å². The van der Waals surface area contributed by atoms with E-state index >= 15 is 0 Å². The van der Waals surface area contributed by atoms with E-state index in [1.54, 1.807) is 0 Å². The minimum Gasteiger partial charge on any atom is -0.345 e. The molecule has 0 saturated heterocycles. The van der Waals surface area contributed by atoms with Crippen LogP contribution in [0.1, 0.15) is 0 Å². The van der Waals surface area contributed by atoms with Gasteiger partial charge in [0, 0.05) is 35.5 Å². The smallest absolute Gasteiger partial charge is 0.0463 e. The van der Waals surface area contributed by atoms with Crippen molar-refractivity contribution in [3.8, 4) is 22.3 Å². The Labute approximate surface area is 231 Å². The number of nitrogens with zero attached hydrogens (tertiary/aromatic N) is 2. The molecule has 0 bridgehead atoms. The van der Waals surface area contributed by atoms with E-state index in [1.165, 1.54) is 22.3 Å². The lowest BCUT2D eigenvalue weighted by Crippen LogP contribution is -2.12. The maximum absolute atomic E-state index is 2.30. The highest BCUT2D eigenvalue weighted by molar-refractivity contribution is 5.80. The van der Waals surface area contributed by atoms with Crippen LogP contribution in [0.15, 0.2) is 164 Å². The number of anilines is 5. The highest BCUT2D eigenvalue weighted by Gasteiger charge is 2.14. The first-order valence-electron chi connectivity index (χ1n) is 13.3. The zero-order chi connectivity index (χ0) is 26.4. The zero-order valence-electron chi connectivity index (χ0n) is 22.0. The molecule has 0 saturated carbocycles. The third kappa shape index (κ3) is 5.32. The lowest BCUT2D eigenvalue weighted by Gasteiger charge is -2.27. The van der Waals surface area contributed by atoms with Crippen molar-refractivity contribution in [2.75, 3.05) is 16.8 Å². The van der Waals surface area contributed by atoms with Crippen LogP contribution >= 0.6 is 0 Å². The van der Waals surface area contributed by atoms with Gasteiger partial charge in [0.15, 0.2) is 0 Å². The Kier molecular flexibility index (Phi) is 6.92. The van der Waals surface area contributed by atoms with E-state index in [1.807, 2.05) is 0 Å². The monoisotopic (exact) mass is 502 g/mol. The van der Waals surface area contributed by atoms with Gasteiger partial charge in [-0.15, -0.1) is 0 Å². The molecule has 39 heavy (non-hydrogen) atoms. The summed E-state index contributed by atoms with van der Waals surface area (Å²) in [5.41, 5.74) is 10.5. The van der Waals surface area contributed by atoms with Gasteiger partial charge in [0.25, 0.3) is 0 Å². The fraction of sp³-hybridized carbons (Fsp3) is 0.0270. The molecule has 0 N–H and O–H groups in total. The van der Waals surface area contributed by atoms with Crippen molar-refractivity contribution < 1.29 is 0 Å². The standard InChI is InChI=1S/C37H30N2/c1-38(37-19-11-16-32(28-37)30-14-7-3-8-15-30)33-24-26-36(27-25-33)39(34-17-9-4-10-18-34)35-22-20-31(21-23-35)29-12-5-2-6-13-29/h2-28H,1H3. The predicted octanol–water partition coefficient (Wildman–Crippen LogP) is 10.3. The molecular formula is C37H30N2. The predicted molar refractivity (Wildman–Crippen MR) is 167 cm³/mol. The molecule has 6 aromatic carbocycles. The van der Waals surface area contributed by atoms with Crippen molar-refractivity contribution >= 4 is 28.4 Å². The van der Waals surface area contributed by atoms with Gasteiger partial charge in [-0.25, -0.2) is 0 Å². The third-order valence-electron chi connectivity index (χ3n) is 7.08. The molecule has 0 aliphatic carbocycles. The largest absolute Gasteiger partial charge is 0.345 e. The van der Waals surface area contributed by atoms with Crippen LogP contribution < -0.4 is 9.80 Å². The molecule has 6 rings (SSSR count). The molecule has 2 heteroatoms. The van der Waals surface area contributed by atoms with Crippen molar-refractivity contribution in [1.29, 1.82) is 0 Å². The lowest BCUT2D eigenvalue weighted by molar-refractivity contribution is 1.20. The maximum Gasteiger partial charge on any atom is 0.0463 e. The molecule has 0 amide bonds. The van der Waals surface area contributed by atoms with Gasteiger partial charge in [0.1, 0.15) is 0 Å². The average molecular weight is 503 g/mol. The molecule has 0 aliphatic heterocycles. The van der Waals surface area contributed by atoms with E-state index in [0.717, 1.165) is 28.4 Å². The first-order valence-corrected chi connectivity index (χ1v) is 13.3. The molecule has 0 aromatic heterocycles. The van der Waals surface area contributed by atoms with E-state index in [-0.39, 0.29) is 0 Å². The summed E-state index contributed by atoms with van der Waals surface area (Å²) in [6, 6.07) is 57.8. The summed E-state index contributed by atoms with van der Waals surface area (Å²) in [6.07, 6.45) is 0. The van der Waals surface area contributed by atoms with Gasteiger partial charge in [-0.1, -0.05) is 103 Å². The van der Waals surface area contributed by atoms with Crippen molar-refractivity contribution in [3.63, 3.8) is 0 Å². The Bertz CT molecular complexity index is 1630. The van der Waals surface area contributed by atoms with E-state index in [4.69, 9.17) is 0 Å². The highest BCUT2D eigenvalue weighted by atomic mass is 15.1. The number of para-hydroxylation sites is 1. The normalized spacial score (nSPS) is 10.7. The summed E-state index contributed by atoms with van der Waals surface area (Å²) in [5.74, 6) is 0. The van der Waals surface area contributed by atoms with Gasteiger partial charge >= 0.3 is 0 Å². The molecule has 0 spiro atoms. The first kappa shape index (κ1) is 24.3. The van der Waals surface area contributed by atoms with E-state index in [0.29, 0.717) is 0 Å². The maximum atomic E-state index is 2.30. The quantitative estimate of drug-likeness (QED) is 0.214. The molecule has 0 radical (unpaired) electrons. The number of hydrogen-bond acceptors (Lipinski definition) is 2. The molecule has 6 aromatic rings. The van der Waals surface area contributed by atoms with Crippen molar-refractivity contribution in [3.05, 3.63) is 164 Å². The van der Waals surface area contributed by atoms with E-state index in [2.05, 4.69) is 181 Å². The second kappa shape index (κ2) is 11.1. The minimum absolute atomic E-state index is 1.11. The van der Waals surface area contributed by atoms with Crippen LogP contribution in [0.2, 0.25) is 0 Å². The minimum atomic E-state index is 1.11. The second-order valence-corrected chi connectivity index (χ2v) is 9.58. The lowest BCUT2D eigenvalue weighted by atomic mass is 10.0. The fourth-order valence-electron chi connectivity index (χ4n) is 4.96. The van der Waals surface area contributed by atoms with E-state index in [9.17, 15) is 0 Å². The average Bonchev–Trinajstić information content (AvgIpc) is 3.03. The Morgan fingerprint density at radius 3 is 1.28 bits per heavy atom. The summed E-state index contributed by atoms with van der Waals surface area (Å²) >= 11 is 0. The van der Waals surface area contributed by atoms with E-state index < -0.39 is 0 Å². The Hall–Kier alpha value is -5.08. The van der Waals surface area contributed by atoms with Crippen LogP contribution in [0.5, 0.6) is 0 Å². The van der Waals surface area contributed by atoms with Gasteiger partial charge < -0.3 is 9.80 Å². The van der Waals surface area contributed by atoms with Crippen molar-refractivity contribution in [1.82, 2.24) is 0 Å². The summed E-state index contributed by atoms with van der Waals surface area (Å²) in [4.78, 5) is 4.53. The second-order valence-electron chi connectivity index (χ2n) is 9.58. The topological polar surface area (TPSA) is 6.48 Å². The summed E-state index contributed by atoms with van der Waals surface area (Å²) in [5, 5.41) is 0. The summed E-state index contributed by atoms with van der Waals surface area (Å²) < 4.78 is 0. The molecule has 0 unspecified atom stereocenters. The molecule has 0 atom stereocenters. The Balaban J connectivity index is 1.30. The molecule has 0 aliphatic rings. The Morgan fingerprint density at radius 2 is 0.692 bits per heavy atom. The summed E-state index contributed by atoms with van der Waals surface area (Å²) in [6.45, 7) is 0. The highest BCUT2D eigenvalue weighted by Crippen LogP contribution is 2.37. The molecule has 0 fully saturated rings. The summed E-state index contributed by atoms with van der Waals surface area (Å²) in [7, 11) is 2.12. The number of rotatable bonds is 7. The van der Waals surface area contributed by atoms with Gasteiger partial charge in [-0.2, -0.15) is 0 Å².